The molecule has 0 amide bonds. The highest BCUT2D eigenvalue weighted by Gasteiger charge is 2.24. The monoisotopic (exact) mass is 228 g/mol. The highest BCUT2D eigenvalue weighted by atomic mass is 35.5. The van der Waals surface area contributed by atoms with Crippen molar-refractivity contribution in [1.82, 2.24) is 0 Å². The molecule has 12 heavy (non-hydrogen) atoms. The average molecular weight is 229 g/mol. The lowest BCUT2D eigenvalue weighted by Gasteiger charge is -2.26. The summed E-state index contributed by atoms with van der Waals surface area (Å²) in [6.45, 7) is 8.54. The van der Waals surface area contributed by atoms with Crippen molar-refractivity contribution in [2.45, 2.75) is 50.3 Å². The van der Waals surface area contributed by atoms with Gasteiger partial charge < -0.3 is 4.43 Å². The molecule has 0 saturated carbocycles. The minimum Gasteiger partial charge on any atom is -0.412 e. The summed E-state index contributed by atoms with van der Waals surface area (Å²) in [5, 5.41) is 0. The molecule has 0 fully saturated rings. The zero-order chi connectivity index (χ0) is 9.78. The quantitative estimate of drug-likeness (QED) is 0.514. The van der Waals surface area contributed by atoms with E-state index in [0.717, 1.165) is 12.8 Å². The summed E-state index contributed by atoms with van der Waals surface area (Å²) in [6, 6.07) is 0. The van der Waals surface area contributed by atoms with Crippen molar-refractivity contribution < 1.29 is 4.43 Å². The number of rotatable bonds is 5. The summed E-state index contributed by atoms with van der Waals surface area (Å²) in [6.07, 6.45) is 2.03. The third-order valence-electron chi connectivity index (χ3n) is 1.36. The fraction of sp³-hybridized carbons (Fsp3) is 1.00. The maximum absolute atomic E-state index is 5.81. The third-order valence-corrected chi connectivity index (χ3v) is 2.93. The molecule has 0 saturated heterocycles. The van der Waals surface area contributed by atoms with Crippen LogP contribution in [0.3, 0.4) is 0 Å². The van der Waals surface area contributed by atoms with E-state index in [-0.39, 0.29) is 6.10 Å². The fourth-order valence-corrected chi connectivity index (χ4v) is 2.66. The van der Waals surface area contributed by atoms with Crippen LogP contribution in [-0.2, 0) is 4.43 Å². The lowest BCUT2D eigenvalue weighted by Crippen LogP contribution is -2.35. The second-order valence-electron chi connectivity index (χ2n) is 3.89. The Balaban J connectivity index is 3.95. The minimum atomic E-state index is -1.49. The van der Waals surface area contributed by atoms with Crippen molar-refractivity contribution in [2.24, 2.45) is 0 Å². The summed E-state index contributed by atoms with van der Waals surface area (Å²) in [7, 11) is -1.49. The van der Waals surface area contributed by atoms with Gasteiger partial charge in [-0.3, -0.25) is 0 Å². The molecule has 0 aliphatic carbocycles. The Morgan fingerprint density at radius 3 is 2.00 bits per heavy atom. The molecule has 0 radical (unpaired) electrons. The van der Waals surface area contributed by atoms with Crippen molar-refractivity contribution in [3.8, 4) is 0 Å². The molecule has 0 spiro atoms. The van der Waals surface area contributed by atoms with Gasteiger partial charge in [-0.1, -0.05) is 13.3 Å². The number of halogens is 2. The first-order valence-corrected chi connectivity index (χ1v) is 8.61. The molecule has 0 aromatic heterocycles. The van der Waals surface area contributed by atoms with Crippen LogP contribution in [0.4, 0.5) is 0 Å². The van der Waals surface area contributed by atoms with Gasteiger partial charge in [0.2, 0.25) is 0 Å². The van der Waals surface area contributed by atoms with Crippen molar-refractivity contribution in [2.75, 3.05) is 0 Å². The van der Waals surface area contributed by atoms with Gasteiger partial charge in [0.15, 0.2) is 8.32 Å². The topological polar surface area (TPSA) is 9.23 Å². The Bertz CT molecular complexity index is 123. The van der Waals surface area contributed by atoms with Gasteiger partial charge in [-0.2, -0.15) is 0 Å². The molecule has 0 N–H and O–H groups in total. The summed E-state index contributed by atoms with van der Waals surface area (Å²) < 4.78 is 5.81. The number of hydrogen-bond donors (Lipinski definition) is 0. The Kier molecular flexibility index (Phi) is 5.82. The van der Waals surface area contributed by atoms with Crippen LogP contribution >= 0.6 is 23.2 Å². The van der Waals surface area contributed by atoms with Crippen LogP contribution < -0.4 is 0 Å². The molecule has 74 valence electrons. The van der Waals surface area contributed by atoms with Gasteiger partial charge in [-0.15, -0.1) is 23.2 Å². The van der Waals surface area contributed by atoms with Gasteiger partial charge in [0.25, 0.3) is 0 Å². The molecule has 0 aromatic rings. The molecule has 1 unspecified atom stereocenters. The van der Waals surface area contributed by atoms with Crippen LogP contribution in [0.2, 0.25) is 19.6 Å². The predicted molar refractivity (Wildman–Crippen MR) is 58.6 cm³/mol. The summed E-state index contributed by atoms with van der Waals surface area (Å²) in [4.78, 5) is -0.392. The van der Waals surface area contributed by atoms with E-state index in [1.54, 1.807) is 0 Å². The van der Waals surface area contributed by atoms with Crippen LogP contribution in [0.15, 0.2) is 0 Å². The summed E-state index contributed by atoms with van der Waals surface area (Å²) in [5.41, 5.74) is 0. The molecule has 1 nitrogen and oxygen atoms in total. The molecule has 0 bridgehead atoms. The van der Waals surface area contributed by atoms with E-state index >= 15 is 0 Å². The standard InChI is InChI=1S/C8H18Cl2OSi/c1-5-6-7(8(9)10)11-12(2,3)4/h7-8H,5-6H2,1-4H3. The summed E-state index contributed by atoms with van der Waals surface area (Å²) >= 11 is 11.6. The predicted octanol–water partition coefficient (Wildman–Crippen LogP) is 3.81. The van der Waals surface area contributed by atoms with Crippen LogP contribution in [0.5, 0.6) is 0 Å². The normalized spacial score (nSPS) is 15.2. The molecule has 4 heteroatoms. The molecule has 0 aliphatic heterocycles. The van der Waals surface area contributed by atoms with Gasteiger partial charge in [0.05, 0.1) is 6.10 Å². The maximum atomic E-state index is 5.81. The zero-order valence-corrected chi connectivity index (χ0v) is 10.7. The lowest BCUT2D eigenvalue weighted by molar-refractivity contribution is 0.196. The number of alkyl halides is 2. The SMILES string of the molecule is CCCC(O[Si](C)(C)C)C(Cl)Cl. The average Bonchev–Trinajstić information content (AvgIpc) is 1.83. The largest absolute Gasteiger partial charge is 0.412 e. The van der Waals surface area contributed by atoms with Crippen molar-refractivity contribution >= 4 is 31.5 Å². The van der Waals surface area contributed by atoms with E-state index in [9.17, 15) is 0 Å². The first-order valence-electron chi connectivity index (χ1n) is 4.32. The van der Waals surface area contributed by atoms with Gasteiger partial charge >= 0.3 is 0 Å². The molecular weight excluding hydrogens is 211 g/mol. The second-order valence-corrected chi connectivity index (χ2v) is 9.52. The van der Waals surface area contributed by atoms with Crippen LogP contribution in [-0.4, -0.2) is 19.3 Å². The second kappa shape index (κ2) is 5.48. The van der Waals surface area contributed by atoms with Gasteiger partial charge in [0, 0.05) is 0 Å². The number of hydrogen-bond acceptors (Lipinski definition) is 1. The molecular formula is C8H18Cl2OSi. The van der Waals surface area contributed by atoms with E-state index in [2.05, 4.69) is 26.6 Å². The minimum absolute atomic E-state index is 0.0185. The van der Waals surface area contributed by atoms with E-state index < -0.39 is 13.2 Å². The van der Waals surface area contributed by atoms with Crippen LogP contribution in [0.1, 0.15) is 19.8 Å². The molecule has 0 rings (SSSR count). The first-order chi connectivity index (χ1) is 5.37. The van der Waals surface area contributed by atoms with Gasteiger partial charge in [-0.05, 0) is 26.1 Å². The highest BCUT2D eigenvalue weighted by Crippen LogP contribution is 2.20. The van der Waals surface area contributed by atoms with E-state index in [0.29, 0.717) is 0 Å². The molecule has 0 heterocycles. The van der Waals surface area contributed by atoms with E-state index in [1.165, 1.54) is 0 Å². The van der Waals surface area contributed by atoms with Crippen LogP contribution in [0, 0.1) is 0 Å². The van der Waals surface area contributed by atoms with Crippen molar-refractivity contribution in [3.63, 3.8) is 0 Å². The molecule has 0 aromatic carbocycles. The molecule has 1 atom stereocenters. The third kappa shape index (κ3) is 6.29. The van der Waals surface area contributed by atoms with Crippen molar-refractivity contribution in [3.05, 3.63) is 0 Å². The lowest BCUT2D eigenvalue weighted by atomic mass is 10.2. The van der Waals surface area contributed by atoms with E-state index in [4.69, 9.17) is 27.6 Å². The first kappa shape index (κ1) is 12.8. The smallest absolute Gasteiger partial charge is 0.184 e. The van der Waals surface area contributed by atoms with Gasteiger partial charge in [-0.25, -0.2) is 0 Å². The Hall–Kier alpha value is 0.757. The zero-order valence-electron chi connectivity index (χ0n) is 8.23. The van der Waals surface area contributed by atoms with Gasteiger partial charge in [0.1, 0.15) is 4.84 Å². The van der Waals surface area contributed by atoms with Crippen LogP contribution in [0.25, 0.3) is 0 Å². The summed E-state index contributed by atoms with van der Waals surface area (Å²) in [5.74, 6) is 0. The Labute approximate surface area is 86.5 Å². The molecule has 0 aliphatic rings. The fourth-order valence-electron chi connectivity index (χ4n) is 0.975. The highest BCUT2D eigenvalue weighted by molar-refractivity contribution is 6.69. The Morgan fingerprint density at radius 2 is 1.75 bits per heavy atom. The maximum Gasteiger partial charge on any atom is 0.184 e. The van der Waals surface area contributed by atoms with Crippen molar-refractivity contribution in [1.29, 1.82) is 0 Å². The van der Waals surface area contributed by atoms with E-state index in [1.807, 2.05) is 0 Å². The Morgan fingerprint density at radius 1 is 1.25 bits per heavy atom.